The Balaban J connectivity index is 2.49. The number of methoxy groups -OCH3 is 2. The zero-order valence-corrected chi connectivity index (χ0v) is 13.9. The standard InChI is InChI=1S/C15H21BrO4/c1-14(2)9-15(17,7-8-20-14)10-5-6-11(18-3)12(16)13(10)19-4/h5-6,17H,7-9H2,1-4H3. The number of aliphatic hydroxyl groups is 1. The molecule has 1 aliphatic rings. The minimum Gasteiger partial charge on any atom is -0.495 e. The fraction of sp³-hybridized carbons (Fsp3) is 0.600. The predicted octanol–water partition coefficient (Wildman–Crippen LogP) is 3.24. The van der Waals surface area contributed by atoms with Crippen molar-refractivity contribution in [2.45, 2.75) is 37.9 Å². The smallest absolute Gasteiger partial charge is 0.142 e. The van der Waals surface area contributed by atoms with Gasteiger partial charge in [-0.1, -0.05) is 0 Å². The van der Waals surface area contributed by atoms with E-state index in [4.69, 9.17) is 14.2 Å². The van der Waals surface area contributed by atoms with Crippen LogP contribution >= 0.6 is 15.9 Å². The van der Waals surface area contributed by atoms with Crippen LogP contribution in [0, 0.1) is 0 Å². The van der Waals surface area contributed by atoms with Crippen molar-refractivity contribution in [3.8, 4) is 11.5 Å². The second-order valence-electron chi connectivity index (χ2n) is 5.73. The first-order valence-corrected chi connectivity index (χ1v) is 7.39. The van der Waals surface area contributed by atoms with E-state index in [1.807, 2.05) is 26.0 Å². The lowest BCUT2D eigenvalue weighted by Crippen LogP contribution is -2.44. The summed E-state index contributed by atoms with van der Waals surface area (Å²) in [6.45, 7) is 4.50. The Morgan fingerprint density at radius 2 is 1.95 bits per heavy atom. The lowest BCUT2D eigenvalue weighted by Gasteiger charge is -2.42. The third-order valence-electron chi connectivity index (χ3n) is 3.71. The van der Waals surface area contributed by atoms with Gasteiger partial charge in [0.1, 0.15) is 16.0 Å². The molecule has 0 spiro atoms. The van der Waals surface area contributed by atoms with E-state index in [1.165, 1.54) is 0 Å². The Morgan fingerprint density at radius 1 is 1.25 bits per heavy atom. The Morgan fingerprint density at radius 3 is 2.50 bits per heavy atom. The zero-order chi connectivity index (χ0) is 15.0. The summed E-state index contributed by atoms with van der Waals surface area (Å²) >= 11 is 3.48. The Bertz CT molecular complexity index is 501. The van der Waals surface area contributed by atoms with Crippen LogP contribution in [0.4, 0.5) is 0 Å². The lowest BCUT2D eigenvalue weighted by molar-refractivity contribution is -0.148. The predicted molar refractivity (Wildman–Crippen MR) is 80.4 cm³/mol. The Labute approximate surface area is 128 Å². The number of hydrogen-bond acceptors (Lipinski definition) is 4. The normalized spacial score (nSPS) is 25.3. The molecule has 0 aliphatic carbocycles. The quantitative estimate of drug-likeness (QED) is 0.914. The van der Waals surface area contributed by atoms with Crippen molar-refractivity contribution in [1.82, 2.24) is 0 Å². The average molecular weight is 345 g/mol. The van der Waals surface area contributed by atoms with Crippen LogP contribution in [0.15, 0.2) is 16.6 Å². The van der Waals surface area contributed by atoms with Crippen LogP contribution in [-0.4, -0.2) is 31.5 Å². The molecule has 1 aromatic rings. The van der Waals surface area contributed by atoms with Gasteiger partial charge in [0.15, 0.2) is 0 Å². The minimum atomic E-state index is -0.956. The van der Waals surface area contributed by atoms with Gasteiger partial charge in [-0.15, -0.1) is 0 Å². The van der Waals surface area contributed by atoms with Gasteiger partial charge in [-0.3, -0.25) is 0 Å². The monoisotopic (exact) mass is 344 g/mol. The summed E-state index contributed by atoms with van der Waals surface area (Å²) in [7, 11) is 3.20. The zero-order valence-electron chi connectivity index (χ0n) is 12.3. The molecule has 1 atom stereocenters. The average Bonchev–Trinajstić information content (AvgIpc) is 2.36. The third kappa shape index (κ3) is 2.80. The number of benzene rings is 1. The van der Waals surface area contributed by atoms with E-state index in [2.05, 4.69) is 15.9 Å². The van der Waals surface area contributed by atoms with Crippen LogP contribution in [0.25, 0.3) is 0 Å². The van der Waals surface area contributed by atoms with Gasteiger partial charge in [0.2, 0.25) is 0 Å². The molecular weight excluding hydrogens is 324 g/mol. The van der Waals surface area contributed by atoms with Gasteiger partial charge in [0.05, 0.1) is 32.0 Å². The van der Waals surface area contributed by atoms with E-state index >= 15 is 0 Å². The van der Waals surface area contributed by atoms with Crippen LogP contribution < -0.4 is 9.47 Å². The van der Waals surface area contributed by atoms with E-state index in [9.17, 15) is 5.11 Å². The molecule has 112 valence electrons. The summed E-state index contributed by atoms with van der Waals surface area (Å²) in [5, 5.41) is 11.1. The molecule has 0 bridgehead atoms. The first kappa shape index (κ1) is 15.6. The lowest BCUT2D eigenvalue weighted by atomic mass is 9.79. The molecule has 1 heterocycles. The van der Waals surface area contributed by atoms with Gasteiger partial charge in [-0.2, -0.15) is 0 Å². The maximum atomic E-state index is 11.1. The van der Waals surface area contributed by atoms with Crippen molar-refractivity contribution in [2.75, 3.05) is 20.8 Å². The summed E-state index contributed by atoms with van der Waals surface area (Å²) in [4.78, 5) is 0. The van der Waals surface area contributed by atoms with Crippen molar-refractivity contribution in [3.63, 3.8) is 0 Å². The van der Waals surface area contributed by atoms with Gasteiger partial charge in [0, 0.05) is 18.4 Å². The molecule has 0 radical (unpaired) electrons. The molecule has 1 fully saturated rings. The molecule has 1 aliphatic heterocycles. The molecule has 1 N–H and O–H groups in total. The van der Waals surface area contributed by atoms with Crippen LogP contribution in [-0.2, 0) is 10.3 Å². The first-order chi connectivity index (χ1) is 9.33. The van der Waals surface area contributed by atoms with Gasteiger partial charge in [-0.25, -0.2) is 0 Å². The topological polar surface area (TPSA) is 47.9 Å². The van der Waals surface area contributed by atoms with Crippen LogP contribution in [0.1, 0.15) is 32.3 Å². The second kappa shape index (κ2) is 5.54. The largest absolute Gasteiger partial charge is 0.495 e. The third-order valence-corrected chi connectivity index (χ3v) is 4.46. The maximum Gasteiger partial charge on any atom is 0.142 e. The highest BCUT2D eigenvalue weighted by atomic mass is 79.9. The van der Waals surface area contributed by atoms with Crippen molar-refractivity contribution in [3.05, 3.63) is 22.2 Å². The molecule has 0 aromatic heterocycles. The fourth-order valence-electron chi connectivity index (χ4n) is 2.83. The first-order valence-electron chi connectivity index (χ1n) is 6.60. The fourth-order valence-corrected chi connectivity index (χ4v) is 3.50. The molecule has 0 amide bonds. The molecule has 1 aromatic carbocycles. The molecule has 20 heavy (non-hydrogen) atoms. The Hall–Kier alpha value is -0.780. The van der Waals surface area contributed by atoms with E-state index in [0.29, 0.717) is 30.9 Å². The van der Waals surface area contributed by atoms with E-state index < -0.39 is 5.60 Å². The van der Waals surface area contributed by atoms with E-state index in [1.54, 1.807) is 14.2 Å². The number of rotatable bonds is 3. The second-order valence-corrected chi connectivity index (χ2v) is 6.52. The van der Waals surface area contributed by atoms with Crippen LogP contribution in [0.2, 0.25) is 0 Å². The van der Waals surface area contributed by atoms with Gasteiger partial charge >= 0.3 is 0 Å². The molecule has 1 saturated heterocycles. The summed E-state index contributed by atoms with van der Waals surface area (Å²) < 4.78 is 17.2. The molecule has 5 heteroatoms. The number of ether oxygens (including phenoxy) is 3. The Kier molecular flexibility index (Phi) is 4.33. The van der Waals surface area contributed by atoms with E-state index in [-0.39, 0.29) is 5.60 Å². The molecule has 1 unspecified atom stereocenters. The molecule has 0 saturated carbocycles. The number of hydrogen-bond donors (Lipinski definition) is 1. The van der Waals surface area contributed by atoms with Crippen LogP contribution in [0.5, 0.6) is 11.5 Å². The maximum absolute atomic E-state index is 11.1. The summed E-state index contributed by atoms with van der Waals surface area (Å²) in [5.74, 6) is 1.30. The van der Waals surface area contributed by atoms with E-state index in [0.717, 1.165) is 10.0 Å². The molecule has 4 nitrogen and oxygen atoms in total. The summed E-state index contributed by atoms with van der Waals surface area (Å²) in [6, 6.07) is 3.70. The summed E-state index contributed by atoms with van der Waals surface area (Å²) in [6.07, 6.45) is 1.07. The highest BCUT2D eigenvalue weighted by Crippen LogP contribution is 2.47. The minimum absolute atomic E-state index is 0.357. The highest BCUT2D eigenvalue weighted by Gasteiger charge is 2.42. The van der Waals surface area contributed by atoms with Gasteiger partial charge in [0.25, 0.3) is 0 Å². The molecule has 2 rings (SSSR count). The van der Waals surface area contributed by atoms with Crippen LogP contribution in [0.3, 0.4) is 0 Å². The van der Waals surface area contributed by atoms with Crippen molar-refractivity contribution in [1.29, 1.82) is 0 Å². The van der Waals surface area contributed by atoms with Crippen molar-refractivity contribution < 1.29 is 19.3 Å². The van der Waals surface area contributed by atoms with Gasteiger partial charge < -0.3 is 19.3 Å². The molecular formula is C15H21BrO4. The van der Waals surface area contributed by atoms with Crippen molar-refractivity contribution in [2.24, 2.45) is 0 Å². The number of halogens is 1. The SMILES string of the molecule is COc1ccc(C2(O)CCOC(C)(C)C2)c(OC)c1Br. The highest BCUT2D eigenvalue weighted by molar-refractivity contribution is 9.10. The van der Waals surface area contributed by atoms with Gasteiger partial charge in [-0.05, 0) is 41.9 Å². The summed E-state index contributed by atoms with van der Waals surface area (Å²) in [5.41, 5.74) is -0.546. The van der Waals surface area contributed by atoms with Crippen molar-refractivity contribution >= 4 is 15.9 Å².